The summed E-state index contributed by atoms with van der Waals surface area (Å²) in [5.41, 5.74) is 5.70. The first-order valence-electron chi connectivity index (χ1n) is 6.63. The molecule has 1 atom stereocenters. The number of nitrogens with one attached hydrogen (secondary N) is 1. The molecule has 0 spiro atoms. The van der Waals surface area contributed by atoms with Crippen LogP contribution in [0, 0.1) is 5.92 Å². The number of carbonyl (C=O) groups is 2. The molecule has 0 fully saturated rings. The van der Waals surface area contributed by atoms with E-state index in [2.05, 4.69) is 10.3 Å². The molecule has 0 aliphatic carbocycles. The van der Waals surface area contributed by atoms with Gasteiger partial charge in [0.2, 0.25) is 11.8 Å². The zero-order valence-electron chi connectivity index (χ0n) is 11.9. The molecule has 6 nitrogen and oxygen atoms in total. The van der Waals surface area contributed by atoms with E-state index >= 15 is 0 Å². The summed E-state index contributed by atoms with van der Waals surface area (Å²) < 4.78 is 1.87. The molecule has 3 N–H and O–H groups in total. The van der Waals surface area contributed by atoms with E-state index in [1.807, 2.05) is 42.9 Å². The predicted molar refractivity (Wildman–Crippen MR) is 81.9 cm³/mol. The molecule has 0 aromatic carbocycles. The Morgan fingerprint density at radius 3 is 2.62 bits per heavy atom. The number of carbonyl (C=O) groups excluding carboxylic acids is 2. The first-order chi connectivity index (χ1) is 9.97. The van der Waals surface area contributed by atoms with Crippen molar-refractivity contribution in [2.24, 2.45) is 11.7 Å². The van der Waals surface area contributed by atoms with Crippen LogP contribution in [-0.2, 0) is 16.0 Å². The molecule has 2 rings (SSSR count). The van der Waals surface area contributed by atoms with Crippen molar-refractivity contribution in [3.63, 3.8) is 0 Å². The highest BCUT2D eigenvalue weighted by molar-refractivity contribution is 7.13. The van der Waals surface area contributed by atoms with Crippen molar-refractivity contribution in [1.82, 2.24) is 9.55 Å². The molecule has 0 saturated heterocycles. The molecule has 0 radical (unpaired) electrons. The van der Waals surface area contributed by atoms with Gasteiger partial charge in [0.1, 0.15) is 6.04 Å². The largest absolute Gasteiger partial charge is 0.369 e. The number of anilines is 1. The number of thiazole rings is 1. The molecule has 7 heteroatoms. The highest BCUT2D eigenvalue weighted by Gasteiger charge is 2.24. The lowest BCUT2D eigenvalue weighted by Gasteiger charge is -2.21. The second-order valence-electron chi connectivity index (χ2n) is 5.10. The van der Waals surface area contributed by atoms with Crippen molar-refractivity contribution < 1.29 is 9.59 Å². The van der Waals surface area contributed by atoms with E-state index in [-0.39, 0.29) is 24.3 Å². The topological polar surface area (TPSA) is 90.0 Å². The van der Waals surface area contributed by atoms with Crippen LogP contribution in [0.5, 0.6) is 0 Å². The molecule has 112 valence electrons. The fraction of sp³-hybridized carbons (Fsp3) is 0.357. The van der Waals surface area contributed by atoms with Crippen molar-refractivity contribution in [2.45, 2.75) is 26.3 Å². The van der Waals surface area contributed by atoms with Gasteiger partial charge >= 0.3 is 0 Å². The molecule has 21 heavy (non-hydrogen) atoms. The van der Waals surface area contributed by atoms with Crippen LogP contribution in [0.1, 0.15) is 25.6 Å². The molecular formula is C14H18N4O2S. The second kappa shape index (κ2) is 6.53. The Morgan fingerprint density at radius 1 is 1.38 bits per heavy atom. The van der Waals surface area contributed by atoms with E-state index in [0.717, 1.165) is 0 Å². The minimum absolute atomic E-state index is 0.0809. The van der Waals surface area contributed by atoms with Gasteiger partial charge in [-0.05, 0) is 18.1 Å². The number of hydrogen-bond donors (Lipinski definition) is 2. The molecule has 2 aromatic heterocycles. The van der Waals surface area contributed by atoms with Gasteiger partial charge < -0.3 is 15.6 Å². The quantitative estimate of drug-likeness (QED) is 0.852. The predicted octanol–water partition coefficient (Wildman–Crippen LogP) is 1.81. The van der Waals surface area contributed by atoms with Gasteiger partial charge in [-0.1, -0.05) is 13.8 Å². The summed E-state index contributed by atoms with van der Waals surface area (Å²) >= 11 is 1.29. The summed E-state index contributed by atoms with van der Waals surface area (Å²) in [6.07, 6.45) is 3.81. The SMILES string of the molecule is CC(C)[C@@H](C(=O)Nc1nc(CC(N)=O)cs1)n1cccc1. The Kier molecular flexibility index (Phi) is 4.74. The van der Waals surface area contributed by atoms with Gasteiger partial charge in [-0.25, -0.2) is 4.98 Å². The van der Waals surface area contributed by atoms with Crippen LogP contribution < -0.4 is 11.1 Å². The van der Waals surface area contributed by atoms with Gasteiger partial charge in [-0.15, -0.1) is 11.3 Å². The van der Waals surface area contributed by atoms with Gasteiger partial charge in [-0.3, -0.25) is 9.59 Å². The van der Waals surface area contributed by atoms with Crippen LogP contribution in [0.4, 0.5) is 5.13 Å². The molecule has 0 bridgehead atoms. The Hall–Kier alpha value is -2.15. The van der Waals surface area contributed by atoms with E-state index < -0.39 is 5.91 Å². The summed E-state index contributed by atoms with van der Waals surface area (Å²) in [7, 11) is 0. The Morgan fingerprint density at radius 2 is 2.05 bits per heavy atom. The second-order valence-corrected chi connectivity index (χ2v) is 5.95. The van der Waals surface area contributed by atoms with Crippen molar-refractivity contribution in [3.8, 4) is 0 Å². The van der Waals surface area contributed by atoms with Crippen LogP contribution in [0.2, 0.25) is 0 Å². The lowest BCUT2D eigenvalue weighted by Crippen LogP contribution is -2.29. The van der Waals surface area contributed by atoms with Crippen molar-refractivity contribution in [2.75, 3.05) is 5.32 Å². The van der Waals surface area contributed by atoms with E-state index in [1.54, 1.807) is 5.38 Å². The van der Waals surface area contributed by atoms with E-state index in [0.29, 0.717) is 10.8 Å². The summed E-state index contributed by atoms with van der Waals surface area (Å²) in [5.74, 6) is -0.422. The Balaban J connectivity index is 2.08. The number of nitrogens with zero attached hydrogens (tertiary/aromatic N) is 2. The third-order valence-electron chi connectivity index (χ3n) is 2.99. The number of primary amides is 1. The van der Waals surface area contributed by atoms with Crippen molar-refractivity contribution in [3.05, 3.63) is 35.6 Å². The maximum atomic E-state index is 12.4. The highest BCUT2D eigenvalue weighted by atomic mass is 32.1. The lowest BCUT2D eigenvalue weighted by atomic mass is 10.0. The maximum absolute atomic E-state index is 12.4. The average Bonchev–Trinajstić information content (AvgIpc) is 3.00. The van der Waals surface area contributed by atoms with Crippen molar-refractivity contribution >= 4 is 28.3 Å². The molecule has 2 aromatic rings. The first kappa shape index (κ1) is 15.2. The molecule has 2 amide bonds. The summed E-state index contributed by atoms with van der Waals surface area (Å²) in [5, 5.41) is 5.00. The average molecular weight is 306 g/mol. The minimum atomic E-state index is -0.439. The van der Waals surface area contributed by atoms with Crippen molar-refractivity contribution in [1.29, 1.82) is 0 Å². The third-order valence-corrected chi connectivity index (χ3v) is 3.79. The fourth-order valence-corrected chi connectivity index (χ4v) is 2.83. The molecule has 0 unspecified atom stereocenters. The Bertz CT molecular complexity index is 619. The smallest absolute Gasteiger partial charge is 0.249 e. The molecule has 0 aliphatic rings. The summed E-state index contributed by atoms with van der Waals surface area (Å²) in [4.78, 5) is 27.5. The van der Waals surface area contributed by atoms with Crippen LogP contribution in [0.25, 0.3) is 0 Å². The lowest BCUT2D eigenvalue weighted by molar-refractivity contribution is -0.120. The van der Waals surface area contributed by atoms with Gasteiger partial charge in [0.05, 0.1) is 12.1 Å². The summed E-state index contributed by atoms with van der Waals surface area (Å²) in [6.45, 7) is 3.98. The normalized spacial score (nSPS) is 12.3. The number of aromatic nitrogens is 2. The highest BCUT2D eigenvalue weighted by Crippen LogP contribution is 2.22. The van der Waals surface area contributed by atoms with Crippen LogP contribution in [-0.4, -0.2) is 21.4 Å². The van der Waals surface area contributed by atoms with Gasteiger partial charge in [0, 0.05) is 17.8 Å². The number of amides is 2. The number of hydrogen-bond acceptors (Lipinski definition) is 4. The molecular weight excluding hydrogens is 288 g/mol. The van der Waals surface area contributed by atoms with E-state index in [1.165, 1.54) is 11.3 Å². The van der Waals surface area contributed by atoms with Crippen LogP contribution in [0.3, 0.4) is 0 Å². The number of nitrogens with two attached hydrogens (primary N) is 1. The van der Waals surface area contributed by atoms with E-state index in [4.69, 9.17) is 5.73 Å². The van der Waals surface area contributed by atoms with E-state index in [9.17, 15) is 9.59 Å². The van der Waals surface area contributed by atoms with Gasteiger partial charge in [-0.2, -0.15) is 0 Å². The Labute approximate surface area is 127 Å². The zero-order chi connectivity index (χ0) is 15.4. The molecule has 0 saturated carbocycles. The third kappa shape index (κ3) is 3.91. The maximum Gasteiger partial charge on any atom is 0.249 e. The van der Waals surface area contributed by atoms with Crippen LogP contribution in [0.15, 0.2) is 29.9 Å². The zero-order valence-corrected chi connectivity index (χ0v) is 12.8. The molecule has 2 heterocycles. The van der Waals surface area contributed by atoms with Gasteiger partial charge in [0.15, 0.2) is 5.13 Å². The fourth-order valence-electron chi connectivity index (χ4n) is 2.12. The van der Waals surface area contributed by atoms with Crippen LogP contribution >= 0.6 is 11.3 Å². The summed E-state index contributed by atoms with van der Waals surface area (Å²) in [6, 6.07) is 3.47. The molecule has 0 aliphatic heterocycles. The first-order valence-corrected chi connectivity index (χ1v) is 7.51. The monoisotopic (exact) mass is 306 g/mol. The number of rotatable bonds is 6. The standard InChI is InChI=1S/C14H18N4O2S/c1-9(2)12(18-5-3-4-6-18)13(20)17-14-16-10(8-21-14)7-11(15)19/h3-6,8-9,12H,7H2,1-2H3,(H2,15,19)(H,16,17,20)/t12-/m0/s1. The van der Waals surface area contributed by atoms with Gasteiger partial charge in [0.25, 0.3) is 0 Å². The minimum Gasteiger partial charge on any atom is -0.369 e.